The second-order valence-electron chi connectivity index (χ2n) is 5.44. The van der Waals surface area contributed by atoms with E-state index in [1.165, 1.54) is 0 Å². The summed E-state index contributed by atoms with van der Waals surface area (Å²) in [6, 6.07) is 19.7. The van der Waals surface area contributed by atoms with Gasteiger partial charge in [0.05, 0.1) is 13.1 Å². The Morgan fingerprint density at radius 3 is 1.46 bits per heavy atom. The van der Waals surface area contributed by atoms with Gasteiger partial charge in [0, 0.05) is 0 Å². The molecule has 128 valence electrons. The number of tetrazole rings is 2. The van der Waals surface area contributed by atoms with Crippen LogP contribution in [0, 0.1) is 0 Å². The van der Waals surface area contributed by atoms with Crippen LogP contribution < -0.4 is 0 Å². The van der Waals surface area contributed by atoms with Crippen LogP contribution in [0.25, 0.3) is 0 Å². The van der Waals surface area contributed by atoms with Crippen LogP contribution in [0.4, 0.5) is 11.9 Å². The molecular formula is C16H14N10. The molecule has 0 amide bonds. The van der Waals surface area contributed by atoms with Gasteiger partial charge in [-0.25, -0.2) is 9.36 Å². The van der Waals surface area contributed by atoms with Crippen molar-refractivity contribution in [2.24, 2.45) is 10.2 Å². The first-order valence-corrected chi connectivity index (χ1v) is 7.90. The summed E-state index contributed by atoms with van der Waals surface area (Å²) in [5.41, 5.74) is 2.12. The van der Waals surface area contributed by atoms with Crippen LogP contribution in [0.3, 0.4) is 0 Å². The van der Waals surface area contributed by atoms with E-state index in [1.54, 1.807) is 9.36 Å². The summed E-state index contributed by atoms with van der Waals surface area (Å²) < 4.78 is 3.12. The highest BCUT2D eigenvalue weighted by Crippen LogP contribution is 2.14. The van der Waals surface area contributed by atoms with Crippen LogP contribution in [-0.2, 0) is 13.1 Å². The fourth-order valence-electron chi connectivity index (χ4n) is 2.35. The first-order chi connectivity index (χ1) is 12.9. The second-order valence-corrected chi connectivity index (χ2v) is 5.44. The normalized spacial score (nSPS) is 11.2. The Morgan fingerprint density at radius 2 is 1.04 bits per heavy atom. The zero-order chi connectivity index (χ0) is 17.6. The van der Waals surface area contributed by atoms with Crippen LogP contribution in [-0.4, -0.2) is 40.4 Å². The quantitative estimate of drug-likeness (QED) is 0.495. The molecule has 26 heavy (non-hydrogen) atoms. The number of hydrogen-bond acceptors (Lipinski definition) is 8. The summed E-state index contributed by atoms with van der Waals surface area (Å²) in [7, 11) is 0. The number of hydrogen-bond donors (Lipinski definition) is 0. The van der Waals surface area contributed by atoms with E-state index in [1.807, 2.05) is 60.7 Å². The first-order valence-electron chi connectivity index (χ1n) is 7.90. The summed E-state index contributed by atoms with van der Waals surface area (Å²) >= 11 is 0. The maximum Gasteiger partial charge on any atom is 0.288 e. The van der Waals surface area contributed by atoms with Crippen LogP contribution in [0.1, 0.15) is 11.1 Å². The Hall–Kier alpha value is -3.82. The molecule has 10 nitrogen and oxygen atoms in total. The summed E-state index contributed by atoms with van der Waals surface area (Å²) in [6.07, 6.45) is 0. The molecule has 0 aliphatic carbocycles. The highest BCUT2D eigenvalue weighted by atomic mass is 15.6. The molecule has 0 spiro atoms. The number of rotatable bonds is 6. The van der Waals surface area contributed by atoms with Gasteiger partial charge in [0.1, 0.15) is 0 Å². The third kappa shape index (κ3) is 3.64. The van der Waals surface area contributed by atoms with Gasteiger partial charge in [0.25, 0.3) is 11.9 Å². The maximum atomic E-state index is 4.10. The smallest absolute Gasteiger partial charge is 0.204 e. The van der Waals surface area contributed by atoms with Crippen LogP contribution >= 0.6 is 0 Å². The van der Waals surface area contributed by atoms with Crippen molar-refractivity contribution in [3.05, 3.63) is 71.8 Å². The van der Waals surface area contributed by atoms with Crippen LogP contribution in [0.2, 0.25) is 0 Å². The highest BCUT2D eigenvalue weighted by molar-refractivity contribution is 5.21. The van der Waals surface area contributed by atoms with Gasteiger partial charge in [-0.15, -0.1) is 10.2 Å². The van der Waals surface area contributed by atoms with Gasteiger partial charge in [0.2, 0.25) is 0 Å². The van der Waals surface area contributed by atoms with Gasteiger partial charge in [-0.1, -0.05) is 70.9 Å². The number of aromatic nitrogens is 8. The molecule has 2 heterocycles. The molecule has 0 aliphatic heterocycles. The molecule has 4 aromatic rings. The third-order valence-electron chi connectivity index (χ3n) is 3.61. The van der Waals surface area contributed by atoms with E-state index in [0.29, 0.717) is 13.1 Å². The molecule has 0 bridgehead atoms. The van der Waals surface area contributed by atoms with E-state index in [4.69, 9.17) is 0 Å². The van der Waals surface area contributed by atoms with Gasteiger partial charge >= 0.3 is 0 Å². The SMILES string of the molecule is c1ccc(Cn2nnnc2/N=N\c2nnnn2Cc2ccccc2)cc1. The Morgan fingerprint density at radius 1 is 0.615 bits per heavy atom. The molecule has 2 aromatic heterocycles. The Balaban J connectivity index is 1.51. The highest BCUT2D eigenvalue weighted by Gasteiger charge is 2.09. The number of azo groups is 1. The number of benzene rings is 2. The van der Waals surface area contributed by atoms with E-state index >= 15 is 0 Å². The Labute approximate surface area is 148 Å². The maximum absolute atomic E-state index is 4.10. The summed E-state index contributed by atoms with van der Waals surface area (Å²) in [5.74, 6) is 0.561. The molecule has 0 saturated heterocycles. The molecule has 0 fully saturated rings. The molecule has 10 heteroatoms. The first kappa shape index (κ1) is 15.7. The predicted molar refractivity (Wildman–Crippen MR) is 90.9 cm³/mol. The van der Waals surface area contributed by atoms with Crippen molar-refractivity contribution in [2.45, 2.75) is 13.1 Å². The predicted octanol–water partition coefficient (Wildman–Crippen LogP) is 2.17. The largest absolute Gasteiger partial charge is 0.288 e. The van der Waals surface area contributed by atoms with E-state index < -0.39 is 0 Å². The molecule has 0 aliphatic rings. The molecule has 0 unspecified atom stereocenters. The Kier molecular flexibility index (Phi) is 4.46. The standard InChI is InChI=1S/C16H14N10/c1-3-7-13(8-4-1)11-25-15(19-21-23-25)17-18-16-20-22-24-26(16)12-14-9-5-2-6-10-14/h1-10H,11-12H2/b18-17-. The average molecular weight is 346 g/mol. The molecular weight excluding hydrogens is 332 g/mol. The third-order valence-corrected chi connectivity index (χ3v) is 3.61. The van der Waals surface area contributed by atoms with E-state index in [2.05, 4.69) is 41.3 Å². The second kappa shape index (κ2) is 7.38. The Bertz CT molecular complexity index is 908. The average Bonchev–Trinajstić information content (AvgIpc) is 3.31. The zero-order valence-corrected chi connectivity index (χ0v) is 13.7. The lowest BCUT2D eigenvalue weighted by molar-refractivity contribution is 0.641. The van der Waals surface area contributed by atoms with Gasteiger partial charge in [0.15, 0.2) is 0 Å². The van der Waals surface area contributed by atoms with Gasteiger partial charge in [-0.2, -0.15) is 0 Å². The minimum atomic E-state index is 0.281. The lowest BCUT2D eigenvalue weighted by atomic mass is 10.2. The lowest BCUT2D eigenvalue weighted by Gasteiger charge is -2.01. The monoisotopic (exact) mass is 346 g/mol. The summed E-state index contributed by atoms with van der Waals surface area (Å²) in [6.45, 7) is 0.994. The molecule has 0 saturated carbocycles. The summed E-state index contributed by atoms with van der Waals surface area (Å²) in [4.78, 5) is 0. The van der Waals surface area contributed by atoms with E-state index in [0.717, 1.165) is 11.1 Å². The van der Waals surface area contributed by atoms with Gasteiger partial charge < -0.3 is 0 Å². The number of nitrogens with zero attached hydrogens (tertiary/aromatic N) is 10. The van der Waals surface area contributed by atoms with Crippen molar-refractivity contribution in [1.29, 1.82) is 0 Å². The van der Waals surface area contributed by atoms with Gasteiger partial charge in [-0.3, -0.25) is 0 Å². The zero-order valence-electron chi connectivity index (χ0n) is 13.7. The van der Waals surface area contributed by atoms with E-state index in [9.17, 15) is 0 Å². The van der Waals surface area contributed by atoms with Crippen molar-refractivity contribution in [2.75, 3.05) is 0 Å². The molecule has 0 N–H and O–H groups in total. The van der Waals surface area contributed by atoms with Crippen molar-refractivity contribution < 1.29 is 0 Å². The van der Waals surface area contributed by atoms with Gasteiger partial charge in [-0.05, 0) is 32.0 Å². The van der Waals surface area contributed by atoms with Crippen molar-refractivity contribution in [3.63, 3.8) is 0 Å². The molecule has 2 aromatic carbocycles. The van der Waals surface area contributed by atoms with Crippen LogP contribution in [0.15, 0.2) is 70.9 Å². The van der Waals surface area contributed by atoms with Crippen LogP contribution in [0.5, 0.6) is 0 Å². The van der Waals surface area contributed by atoms with Crippen molar-refractivity contribution >= 4 is 11.9 Å². The minimum absolute atomic E-state index is 0.281. The minimum Gasteiger partial charge on any atom is -0.204 e. The molecule has 4 rings (SSSR count). The molecule has 0 atom stereocenters. The van der Waals surface area contributed by atoms with Crippen molar-refractivity contribution in [1.82, 2.24) is 40.4 Å². The fraction of sp³-hybridized carbons (Fsp3) is 0.125. The van der Waals surface area contributed by atoms with E-state index in [-0.39, 0.29) is 11.9 Å². The summed E-state index contributed by atoms with van der Waals surface area (Å²) in [5, 5.41) is 31.2. The molecule has 0 radical (unpaired) electrons. The fourth-order valence-corrected chi connectivity index (χ4v) is 2.35. The lowest BCUT2D eigenvalue weighted by Crippen LogP contribution is -2.02. The van der Waals surface area contributed by atoms with Crippen molar-refractivity contribution in [3.8, 4) is 0 Å². The topological polar surface area (TPSA) is 112 Å².